The Labute approximate surface area is 85.3 Å². The third-order valence-electron chi connectivity index (χ3n) is 2.80. The first-order valence-electron chi connectivity index (χ1n) is 4.98. The van der Waals surface area contributed by atoms with E-state index in [4.69, 9.17) is 0 Å². The van der Waals surface area contributed by atoms with E-state index in [0.29, 0.717) is 11.6 Å². The summed E-state index contributed by atoms with van der Waals surface area (Å²) in [4.78, 5) is 18.5. The maximum absolute atomic E-state index is 11.6. The maximum atomic E-state index is 11.6. The van der Waals surface area contributed by atoms with Crippen LogP contribution in [0.4, 0.5) is 0 Å². The van der Waals surface area contributed by atoms with Gasteiger partial charge in [-0.2, -0.15) is 9.61 Å². The van der Waals surface area contributed by atoms with Gasteiger partial charge in [0, 0.05) is 24.2 Å². The van der Waals surface area contributed by atoms with Gasteiger partial charge in [0.25, 0.3) is 0 Å². The van der Waals surface area contributed by atoms with Crippen LogP contribution in [-0.2, 0) is 0 Å². The van der Waals surface area contributed by atoms with Crippen molar-refractivity contribution in [2.24, 2.45) is 0 Å². The lowest BCUT2D eigenvalue weighted by Gasteiger charge is -2.07. The van der Waals surface area contributed by atoms with Crippen LogP contribution in [0.15, 0.2) is 17.2 Å². The van der Waals surface area contributed by atoms with Crippen LogP contribution in [0, 0.1) is 0 Å². The molecule has 0 spiro atoms. The van der Waals surface area contributed by atoms with Crippen molar-refractivity contribution in [2.45, 2.75) is 12.3 Å². The monoisotopic (exact) mass is 205 g/mol. The molecule has 15 heavy (non-hydrogen) atoms. The van der Waals surface area contributed by atoms with Crippen LogP contribution in [0.1, 0.15) is 18.0 Å². The van der Waals surface area contributed by atoms with Crippen molar-refractivity contribution in [3.63, 3.8) is 0 Å². The summed E-state index contributed by atoms with van der Waals surface area (Å²) >= 11 is 0. The second-order valence-electron chi connectivity index (χ2n) is 3.75. The summed E-state index contributed by atoms with van der Waals surface area (Å²) in [6.07, 6.45) is 2.45. The van der Waals surface area contributed by atoms with Crippen molar-refractivity contribution in [3.8, 4) is 0 Å². The van der Waals surface area contributed by atoms with Crippen molar-refractivity contribution < 1.29 is 0 Å². The van der Waals surface area contributed by atoms with Gasteiger partial charge in [0.2, 0.25) is 0 Å². The largest absolute Gasteiger partial charge is 0.348 e. The molecule has 2 aromatic rings. The van der Waals surface area contributed by atoms with E-state index in [1.165, 1.54) is 10.8 Å². The van der Waals surface area contributed by atoms with Crippen LogP contribution in [0.25, 0.3) is 5.65 Å². The Bertz CT molecular complexity index is 537. The molecule has 0 bridgehead atoms. The SMILES string of the molecule is O=c1[nH]c(C2CCNC2)cc2ncnn12. The lowest BCUT2D eigenvalue weighted by molar-refractivity contribution is 0.714. The Morgan fingerprint density at radius 1 is 1.53 bits per heavy atom. The molecule has 0 aliphatic carbocycles. The molecule has 3 heterocycles. The predicted molar refractivity (Wildman–Crippen MR) is 53.8 cm³/mol. The van der Waals surface area contributed by atoms with E-state index in [1.807, 2.05) is 6.07 Å². The minimum Gasteiger partial charge on any atom is -0.316 e. The number of H-pyrrole nitrogens is 1. The van der Waals surface area contributed by atoms with Crippen molar-refractivity contribution in [1.29, 1.82) is 0 Å². The van der Waals surface area contributed by atoms with Crippen LogP contribution < -0.4 is 11.0 Å². The van der Waals surface area contributed by atoms with Gasteiger partial charge in [-0.05, 0) is 13.0 Å². The number of hydrogen-bond donors (Lipinski definition) is 2. The van der Waals surface area contributed by atoms with Gasteiger partial charge in [-0.25, -0.2) is 9.78 Å². The van der Waals surface area contributed by atoms with Crippen LogP contribution in [-0.4, -0.2) is 32.7 Å². The molecule has 1 unspecified atom stereocenters. The molecule has 1 aliphatic rings. The number of hydrogen-bond acceptors (Lipinski definition) is 4. The van der Waals surface area contributed by atoms with Gasteiger partial charge in [-0.15, -0.1) is 0 Å². The molecule has 78 valence electrons. The van der Waals surface area contributed by atoms with Crippen LogP contribution >= 0.6 is 0 Å². The average Bonchev–Trinajstić information content (AvgIpc) is 2.88. The first-order valence-corrected chi connectivity index (χ1v) is 4.98. The maximum Gasteiger partial charge on any atom is 0.348 e. The summed E-state index contributed by atoms with van der Waals surface area (Å²) in [7, 11) is 0. The molecule has 0 amide bonds. The normalized spacial score (nSPS) is 21.2. The number of aromatic nitrogens is 4. The molecule has 3 rings (SSSR count). The lowest BCUT2D eigenvalue weighted by Crippen LogP contribution is -2.21. The second-order valence-corrected chi connectivity index (χ2v) is 3.75. The highest BCUT2D eigenvalue weighted by molar-refractivity contribution is 5.37. The average molecular weight is 205 g/mol. The fraction of sp³-hybridized carbons (Fsp3) is 0.444. The molecule has 1 saturated heterocycles. The first kappa shape index (κ1) is 8.60. The Kier molecular flexibility index (Phi) is 1.81. The van der Waals surface area contributed by atoms with Gasteiger partial charge < -0.3 is 10.3 Å². The van der Waals surface area contributed by atoms with Crippen LogP contribution in [0.3, 0.4) is 0 Å². The molecule has 6 nitrogen and oxygen atoms in total. The molecule has 0 radical (unpaired) electrons. The molecule has 1 atom stereocenters. The van der Waals surface area contributed by atoms with E-state index in [9.17, 15) is 4.79 Å². The Hall–Kier alpha value is -1.69. The topological polar surface area (TPSA) is 75.1 Å². The van der Waals surface area contributed by atoms with Gasteiger partial charge in [0.05, 0.1) is 0 Å². The minimum atomic E-state index is -0.216. The zero-order chi connectivity index (χ0) is 10.3. The first-order chi connectivity index (χ1) is 7.34. The van der Waals surface area contributed by atoms with Gasteiger partial charge in [-0.3, -0.25) is 0 Å². The predicted octanol–water partition coefficient (Wildman–Crippen LogP) is -0.506. The molecular formula is C9H11N5O. The molecule has 1 fully saturated rings. The number of nitrogens with one attached hydrogen (secondary N) is 2. The molecule has 6 heteroatoms. The molecular weight excluding hydrogens is 194 g/mol. The number of rotatable bonds is 1. The summed E-state index contributed by atoms with van der Waals surface area (Å²) < 4.78 is 1.27. The summed E-state index contributed by atoms with van der Waals surface area (Å²) in [5.74, 6) is 0.388. The van der Waals surface area contributed by atoms with Crippen LogP contribution in [0.2, 0.25) is 0 Å². The summed E-state index contributed by atoms with van der Waals surface area (Å²) in [6, 6.07) is 1.89. The number of fused-ring (bicyclic) bond motifs is 1. The third-order valence-corrected chi connectivity index (χ3v) is 2.80. The van der Waals surface area contributed by atoms with E-state index in [0.717, 1.165) is 25.2 Å². The standard InChI is InChI=1S/C9H11N5O/c15-9-13-7(6-1-2-10-4-6)3-8-11-5-12-14(8)9/h3,5-6,10H,1-2,4H2,(H,13,15). The molecule has 0 saturated carbocycles. The van der Waals surface area contributed by atoms with E-state index in [-0.39, 0.29) is 5.69 Å². The molecule has 1 aliphatic heterocycles. The van der Waals surface area contributed by atoms with Crippen molar-refractivity contribution in [3.05, 3.63) is 28.6 Å². The van der Waals surface area contributed by atoms with Crippen LogP contribution in [0.5, 0.6) is 0 Å². The molecule has 0 aromatic carbocycles. The van der Waals surface area contributed by atoms with E-state index >= 15 is 0 Å². The second kappa shape index (κ2) is 3.16. The number of aromatic amines is 1. The fourth-order valence-electron chi connectivity index (χ4n) is 2.00. The highest BCUT2D eigenvalue weighted by Gasteiger charge is 2.18. The Morgan fingerprint density at radius 3 is 3.27 bits per heavy atom. The Morgan fingerprint density at radius 2 is 2.47 bits per heavy atom. The Balaban J connectivity index is 2.15. The minimum absolute atomic E-state index is 0.216. The highest BCUT2D eigenvalue weighted by Crippen LogP contribution is 2.19. The summed E-state index contributed by atoms with van der Waals surface area (Å²) in [5.41, 5.74) is 1.35. The van der Waals surface area contributed by atoms with Gasteiger partial charge in [-0.1, -0.05) is 0 Å². The zero-order valence-corrected chi connectivity index (χ0v) is 8.10. The van der Waals surface area contributed by atoms with Crippen molar-refractivity contribution in [2.75, 3.05) is 13.1 Å². The smallest absolute Gasteiger partial charge is 0.316 e. The van der Waals surface area contributed by atoms with Gasteiger partial charge >= 0.3 is 5.69 Å². The molecule has 2 aromatic heterocycles. The van der Waals surface area contributed by atoms with Crippen molar-refractivity contribution >= 4 is 5.65 Å². The van der Waals surface area contributed by atoms with E-state index < -0.39 is 0 Å². The summed E-state index contributed by atoms with van der Waals surface area (Å²) in [5, 5.41) is 7.10. The third kappa shape index (κ3) is 1.33. The fourth-order valence-corrected chi connectivity index (χ4v) is 2.00. The zero-order valence-electron chi connectivity index (χ0n) is 8.10. The van der Waals surface area contributed by atoms with Gasteiger partial charge in [0.1, 0.15) is 6.33 Å². The highest BCUT2D eigenvalue weighted by atomic mass is 16.1. The number of nitrogens with zero attached hydrogens (tertiary/aromatic N) is 3. The van der Waals surface area contributed by atoms with Gasteiger partial charge in [0.15, 0.2) is 5.65 Å². The van der Waals surface area contributed by atoms with E-state index in [2.05, 4.69) is 20.4 Å². The van der Waals surface area contributed by atoms with Crippen molar-refractivity contribution in [1.82, 2.24) is 24.9 Å². The quantitative estimate of drug-likeness (QED) is 0.657. The van der Waals surface area contributed by atoms with E-state index in [1.54, 1.807) is 0 Å². The summed E-state index contributed by atoms with van der Waals surface area (Å²) in [6.45, 7) is 1.92. The molecule has 2 N–H and O–H groups in total. The lowest BCUT2D eigenvalue weighted by atomic mass is 10.1.